The molecule has 1 aromatic rings. The average molecular weight is 290 g/mol. The number of benzene rings is 1. The molecule has 1 saturated heterocycles. The first-order chi connectivity index (χ1) is 10.1. The molecule has 4 heteroatoms. The molecule has 1 saturated carbocycles. The van der Waals surface area contributed by atoms with E-state index in [0.29, 0.717) is 17.5 Å². The Morgan fingerprint density at radius 2 is 2.14 bits per heavy atom. The summed E-state index contributed by atoms with van der Waals surface area (Å²) in [5.41, 5.74) is 1.36. The zero-order chi connectivity index (χ0) is 14.8. The van der Waals surface area contributed by atoms with Gasteiger partial charge in [-0.15, -0.1) is 0 Å². The highest BCUT2D eigenvalue weighted by molar-refractivity contribution is 5.95. The first-order valence-corrected chi connectivity index (χ1v) is 7.92. The van der Waals surface area contributed by atoms with Gasteiger partial charge < -0.3 is 10.2 Å². The lowest BCUT2D eigenvalue weighted by atomic mass is 10.1. The Bertz CT molecular complexity index is 522. The van der Waals surface area contributed by atoms with Gasteiger partial charge in [0.25, 0.3) is 5.91 Å². The van der Waals surface area contributed by atoms with E-state index in [-0.39, 0.29) is 11.7 Å². The number of nitrogens with one attached hydrogen (secondary N) is 1. The molecule has 1 aliphatic carbocycles. The smallest absolute Gasteiger partial charge is 0.254 e. The molecule has 3 rings (SSSR count). The summed E-state index contributed by atoms with van der Waals surface area (Å²) in [5, 5.41) is 3.45. The maximum Gasteiger partial charge on any atom is 0.254 e. The molecule has 1 atom stereocenters. The van der Waals surface area contributed by atoms with Crippen molar-refractivity contribution in [2.75, 3.05) is 19.6 Å². The predicted molar refractivity (Wildman–Crippen MR) is 80.8 cm³/mol. The Kier molecular flexibility index (Phi) is 4.24. The fourth-order valence-corrected chi connectivity index (χ4v) is 3.03. The molecule has 2 fully saturated rings. The summed E-state index contributed by atoms with van der Waals surface area (Å²) in [6.07, 6.45) is 4.72. The second-order valence-electron chi connectivity index (χ2n) is 6.41. The van der Waals surface area contributed by atoms with Crippen LogP contribution in [0.15, 0.2) is 18.2 Å². The molecule has 0 bridgehead atoms. The Hall–Kier alpha value is -1.42. The van der Waals surface area contributed by atoms with Crippen LogP contribution in [0, 0.1) is 18.7 Å². The van der Waals surface area contributed by atoms with Gasteiger partial charge in [-0.25, -0.2) is 4.39 Å². The van der Waals surface area contributed by atoms with Gasteiger partial charge in [-0.2, -0.15) is 0 Å². The Morgan fingerprint density at radius 3 is 2.81 bits per heavy atom. The van der Waals surface area contributed by atoms with Crippen LogP contribution in [0.4, 0.5) is 4.39 Å². The molecule has 0 aromatic heterocycles. The van der Waals surface area contributed by atoms with Crippen molar-refractivity contribution in [3.05, 3.63) is 35.1 Å². The average Bonchev–Trinajstić information content (AvgIpc) is 3.13. The van der Waals surface area contributed by atoms with Gasteiger partial charge in [0.1, 0.15) is 5.82 Å². The van der Waals surface area contributed by atoms with Crippen molar-refractivity contribution in [2.45, 2.75) is 38.6 Å². The van der Waals surface area contributed by atoms with E-state index in [1.54, 1.807) is 6.07 Å². The quantitative estimate of drug-likeness (QED) is 0.904. The van der Waals surface area contributed by atoms with Crippen molar-refractivity contribution in [3.8, 4) is 0 Å². The summed E-state index contributed by atoms with van der Waals surface area (Å²) >= 11 is 0. The number of halogens is 1. The summed E-state index contributed by atoms with van der Waals surface area (Å²) in [4.78, 5) is 14.7. The maximum absolute atomic E-state index is 13.5. The van der Waals surface area contributed by atoms with Crippen molar-refractivity contribution in [3.63, 3.8) is 0 Å². The minimum atomic E-state index is -0.339. The normalized spacial score (nSPS) is 21.5. The SMILES string of the molecule is Cc1ccc(F)cc1C(=O)N(CC1CC1)CC1CCCN1. The van der Waals surface area contributed by atoms with Crippen LogP contribution in [0.3, 0.4) is 0 Å². The molecule has 114 valence electrons. The van der Waals surface area contributed by atoms with Crippen molar-refractivity contribution >= 4 is 5.91 Å². The summed E-state index contributed by atoms with van der Waals surface area (Å²) in [6.45, 7) is 4.46. The van der Waals surface area contributed by atoms with Crippen LogP contribution in [-0.4, -0.2) is 36.5 Å². The lowest BCUT2D eigenvalue weighted by Gasteiger charge is -2.26. The topological polar surface area (TPSA) is 32.3 Å². The lowest BCUT2D eigenvalue weighted by Crippen LogP contribution is -2.42. The monoisotopic (exact) mass is 290 g/mol. The van der Waals surface area contributed by atoms with Gasteiger partial charge in [0, 0.05) is 24.7 Å². The van der Waals surface area contributed by atoms with Gasteiger partial charge in [0.05, 0.1) is 0 Å². The number of nitrogens with zero attached hydrogens (tertiary/aromatic N) is 1. The van der Waals surface area contributed by atoms with E-state index in [1.807, 2.05) is 11.8 Å². The van der Waals surface area contributed by atoms with Crippen molar-refractivity contribution in [2.24, 2.45) is 5.92 Å². The Balaban J connectivity index is 1.76. The number of hydrogen-bond donors (Lipinski definition) is 1. The first kappa shape index (κ1) is 14.5. The van der Waals surface area contributed by atoms with Gasteiger partial charge in [0.15, 0.2) is 0 Å². The molecular formula is C17H23FN2O. The van der Waals surface area contributed by atoms with E-state index < -0.39 is 0 Å². The van der Waals surface area contributed by atoms with Crippen LogP contribution < -0.4 is 5.32 Å². The van der Waals surface area contributed by atoms with Crippen molar-refractivity contribution < 1.29 is 9.18 Å². The predicted octanol–water partition coefficient (Wildman–Crippen LogP) is 2.74. The largest absolute Gasteiger partial charge is 0.337 e. The Morgan fingerprint density at radius 1 is 1.33 bits per heavy atom. The molecule has 0 spiro atoms. The molecule has 3 nitrogen and oxygen atoms in total. The highest BCUT2D eigenvalue weighted by Gasteiger charge is 2.30. The van der Waals surface area contributed by atoms with E-state index in [4.69, 9.17) is 0 Å². The molecule has 1 amide bonds. The van der Waals surface area contributed by atoms with Crippen LogP contribution in [-0.2, 0) is 0 Å². The minimum Gasteiger partial charge on any atom is -0.337 e. The van der Waals surface area contributed by atoms with Crippen molar-refractivity contribution in [1.82, 2.24) is 10.2 Å². The van der Waals surface area contributed by atoms with Crippen LogP contribution in [0.1, 0.15) is 41.6 Å². The van der Waals surface area contributed by atoms with Crippen LogP contribution in [0.2, 0.25) is 0 Å². The van der Waals surface area contributed by atoms with E-state index in [0.717, 1.165) is 31.6 Å². The van der Waals surface area contributed by atoms with E-state index >= 15 is 0 Å². The second-order valence-corrected chi connectivity index (χ2v) is 6.41. The second kappa shape index (κ2) is 6.14. The molecule has 1 unspecified atom stereocenters. The van der Waals surface area contributed by atoms with Crippen molar-refractivity contribution in [1.29, 1.82) is 0 Å². The van der Waals surface area contributed by atoms with Crippen LogP contribution >= 0.6 is 0 Å². The molecule has 0 radical (unpaired) electrons. The fourth-order valence-electron chi connectivity index (χ4n) is 3.03. The number of aryl methyl sites for hydroxylation is 1. The highest BCUT2D eigenvalue weighted by Crippen LogP contribution is 2.30. The van der Waals surface area contributed by atoms with Crippen LogP contribution in [0.25, 0.3) is 0 Å². The standard InChI is InChI=1S/C17H23FN2O/c1-12-4-7-14(18)9-16(12)17(21)20(10-13-5-6-13)11-15-3-2-8-19-15/h4,7,9,13,15,19H,2-3,5-6,8,10-11H2,1H3. The molecule has 1 heterocycles. The Labute approximate surface area is 125 Å². The third-order valence-electron chi connectivity index (χ3n) is 4.50. The number of rotatable bonds is 5. The zero-order valence-corrected chi connectivity index (χ0v) is 12.6. The summed E-state index contributed by atoms with van der Waals surface area (Å²) in [5.74, 6) is 0.283. The molecule has 1 N–H and O–H groups in total. The van der Waals surface area contributed by atoms with E-state index in [9.17, 15) is 9.18 Å². The number of carbonyl (C=O) groups is 1. The van der Waals surface area contributed by atoms with Gasteiger partial charge in [-0.1, -0.05) is 6.07 Å². The number of amides is 1. The van der Waals surface area contributed by atoms with Gasteiger partial charge in [0.2, 0.25) is 0 Å². The molecule has 2 aliphatic rings. The maximum atomic E-state index is 13.5. The highest BCUT2D eigenvalue weighted by atomic mass is 19.1. The van der Waals surface area contributed by atoms with E-state index in [2.05, 4.69) is 5.32 Å². The minimum absolute atomic E-state index is 0.0207. The molecule has 21 heavy (non-hydrogen) atoms. The first-order valence-electron chi connectivity index (χ1n) is 7.92. The zero-order valence-electron chi connectivity index (χ0n) is 12.6. The third kappa shape index (κ3) is 3.62. The summed E-state index contributed by atoms with van der Waals surface area (Å²) in [6, 6.07) is 4.86. The molecular weight excluding hydrogens is 267 g/mol. The fraction of sp³-hybridized carbons (Fsp3) is 0.588. The van der Waals surface area contributed by atoms with Gasteiger partial charge >= 0.3 is 0 Å². The van der Waals surface area contributed by atoms with Gasteiger partial charge in [-0.3, -0.25) is 4.79 Å². The lowest BCUT2D eigenvalue weighted by molar-refractivity contribution is 0.0732. The third-order valence-corrected chi connectivity index (χ3v) is 4.50. The summed E-state index contributed by atoms with van der Waals surface area (Å²) in [7, 11) is 0. The number of carbonyl (C=O) groups excluding carboxylic acids is 1. The molecule has 1 aromatic carbocycles. The molecule has 1 aliphatic heterocycles. The van der Waals surface area contributed by atoms with Crippen LogP contribution in [0.5, 0.6) is 0 Å². The van der Waals surface area contributed by atoms with Gasteiger partial charge in [-0.05, 0) is 62.8 Å². The number of hydrogen-bond acceptors (Lipinski definition) is 2. The summed E-state index contributed by atoms with van der Waals surface area (Å²) < 4.78 is 13.5. The van der Waals surface area contributed by atoms with E-state index in [1.165, 1.54) is 31.4 Å².